The maximum Gasteiger partial charge on any atom is 0.325 e. The zero-order valence-corrected chi connectivity index (χ0v) is 25.5. The van der Waals surface area contributed by atoms with E-state index in [4.69, 9.17) is 14.5 Å². The number of fused-ring (bicyclic) bond motifs is 1. The number of likely N-dealkylation sites (tertiary alicyclic amines) is 2. The summed E-state index contributed by atoms with van der Waals surface area (Å²) in [6.45, 7) is 6.74. The highest BCUT2D eigenvalue weighted by atomic mass is 19.1. The Morgan fingerprint density at radius 3 is 2.79 bits per heavy atom. The fourth-order valence-corrected chi connectivity index (χ4v) is 6.74. The van der Waals surface area contributed by atoms with Gasteiger partial charge in [-0.1, -0.05) is 19.4 Å². The Labute approximate surface area is 249 Å². The monoisotopic (exact) mass is 582 g/mol. The van der Waals surface area contributed by atoms with Gasteiger partial charge in [0.2, 0.25) is 0 Å². The van der Waals surface area contributed by atoms with Crippen LogP contribution in [0.2, 0.25) is 0 Å². The van der Waals surface area contributed by atoms with Gasteiger partial charge in [0.25, 0.3) is 0 Å². The van der Waals surface area contributed by atoms with Crippen LogP contribution in [0.15, 0.2) is 24.3 Å². The number of unbranched alkanes of at least 4 members (excludes halogenated alkanes) is 2. The minimum Gasteiger partial charge on any atom is -0.493 e. The first kappa shape index (κ1) is 30.7. The van der Waals surface area contributed by atoms with Crippen molar-refractivity contribution in [2.24, 2.45) is 0 Å². The molecule has 0 saturated carbocycles. The van der Waals surface area contributed by atoms with Crippen LogP contribution in [-0.4, -0.2) is 85.5 Å². The van der Waals surface area contributed by atoms with Gasteiger partial charge in [-0.15, -0.1) is 0 Å². The molecule has 0 bridgehead atoms. The quantitative estimate of drug-likeness (QED) is 0.331. The van der Waals surface area contributed by atoms with E-state index in [1.54, 1.807) is 6.07 Å². The van der Waals surface area contributed by atoms with Crippen molar-refractivity contribution in [2.75, 3.05) is 58.8 Å². The normalized spacial score (nSPS) is 21.5. The number of methoxy groups -OCH3 is 1. The minimum absolute atomic E-state index is 0.0243. The van der Waals surface area contributed by atoms with Crippen LogP contribution in [0, 0.1) is 5.82 Å². The SMILES string of the molecule is COc1c(F)cc(C2(C)CCN(C)CC2)cc1C(C(=O)O)N1CC[C@@H](OCCCCCc2ccc3c(n2)NCCC3)C1. The molecule has 9 heteroatoms. The number of carboxylic acids is 1. The second-order valence-corrected chi connectivity index (χ2v) is 12.6. The van der Waals surface area contributed by atoms with Crippen molar-refractivity contribution in [1.29, 1.82) is 0 Å². The van der Waals surface area contributed by atoms with E-state index in [-0.39, 0.29) is 17.3 Å². The molecule has 3 aliphatic heterocycles. The highest BCUT2D eigenvalue weighted by Gasteiger charge is 2.39. The number of aromatic nitrogens is 1. The van der Waals surface area contributed by atoms with Crippen LogP contribution in [0.1, 0.15) is 80.3 Å². The fourth-order valence-electron chi connectivity index (χ4n) is 6.74. The van der Waals surface area contributed by atoms with Gasteiger partial charge < -0.3 is 24.8 Å². The molecule has 5 rings (SSSR count). The number of hydrogen-bond acceptors (Lipinski definition) is 7. The number of halogens is 1. The summed E-state index contributed by atoms with van der Waals surface area (Å²) in [4.78, 5) is 21.6. The highest BCUT2D eigenvalue weighted by Crippen LogP contribution is 2.41. The van der Waals surface area contributed by atoms with Crippen LogP contribution in [0.4, 0.5) is 10.2 Å². The minimum atomic E-state index is -0.995. The number of carbonyl (C=O) groups is 1. The van der Waals surface area contributed by atoms with E-state index in [0.29, 0.717) is 25.3 Å². The maximum absolute atomic E-state index is 15.4. The molecule has 2 N–H and O–H groups in total. The number of aliphatic carboxylic acids is 1. The predicted octanol–water partition coefficient (Wildman–Crippen LogP) is 5.20. The van der Waals surface area contributed by atoms with E-state index in [1.807, 2.05) is 11.0 Å². The van der Waals surface area contributed by atoms with Gasteiger partial charge in [-0.3, -0.25) is 9.69 Å². The maximum atomic E-state index is 15.4. The van der Waals surface area contributed by atoms with Gasteiger partial charge in [0.1, 0.15) is 11.9 Å². The average Bonchev–Trinajstić information content (AvgIpc) is 3.44. The molecule has 0 aliphatic carbocycles. The second kappa shape index (κ2) is 13.7. The van der Waals surface area contributed by atoms with Crippen molar-refractivity contribution >= 4 is 11.8 Å². The van der Waals surface area contributed by atoms with E-state index in [1.165, 1.54) is 19.1 Å². The molecule has 0 amide bonds. The standard InChI is InChI=1S/C33H47FN4O4/c1-33(13-17-37(2)18-14-33)24-20-27(30(41-3)28(34)21-24)29(32(39)40)38-16-12-26(22-38)42-19-6-4-5-9-25-11-10-23-8-7-15-35-31(23)36-25/h10-11,20-21,26,29H,4-9,12-19,22H2,1-3H3,(H,35,36)(H,39,40)/t26-,29?/m1/s1. The van der Waals surface area contributed by atoms with Crippen molar-refractivity contribution in [2.45, 2.75) is 82.3 Å². The first-order valence-electron chi connectivity index (χ1n) is 15.6. The smallest absolute Gasteiger partial charge is 0.325 e. The number of nitrogens with zero attached hydrogens (tertiary/aromatic N) is 3. The number of aryl methyl sites for hydroxylation is 2. The molecule has 1 aromatic heterocycles. The summed E-state index contributed by atoms with van der Waals surface area (Å²) in [6.07, 6.45) is 8.81. The molecule has 230 valence electrons. The number of nitrogens with one attached hydrogen (secondary N) is 1. The summed E-state index contributed by atoms with van der Waals surface area (Å²) in [5.74, 6) is -0.415. The fraction of sp³-hybridized carbons (Fsp3) is 0.636. The van der Waals surface area contributed by atoms with Crippen molar-refractivity contribution in [3.63, 3.8) is 0 Å². The predicted molar refractivity (Wildman–Crippen MR) is 162 cm³/mol. The Kier molecular flexibility index (Phi) is 10.0. The molecule has 1 unspecified atom stereocenters. The third-order valence-electron chi connectivity index (χ3n) is 9.52. The molecule has 2 atom stereocenters. The number of hydrogen-bond donors (Lipinski definition) is 2. The van der Waals surface area contributed by atoms with Crippen molar-refractivity contribution < 1.29 is 23.8 Å². The average molecular weight is 583 g/mol. The lowest BCUT2D eigenvalue weighted by atomic mass is 9.74. The van der Waals surface area contributed by atoms with Gasteiger partial charge in [0.15, 0.2) is 11.6 Å². The summed E-state index contributed by atoms with van der Waals surface area (Å²) in [5, 5.41) is 13.7. The van der Waals surface area contributed by atoms with E-state index < -0.39 is 17.8 Å². The number of piperidine rings is 1. The highest BCUT2D eigenvalue weighted by molar-refractivity contribution is 5.77. The Hall–Kier alpha value is -2.75. The largest absolute Gasteiger partial charge is 0.493 e. The Morgan fingerprint density at radius 1 is 1.21 bits per heavy atom. The lowest BCUT2D eigenvalue weighted by Crippen LogP contribution is -2.39. The molecule has 2 aromatic rings. The number of pyridine rings is 1. The molecule has 42 heavy (non-hydrogen) atoms. The summed E-state index contributed by atoms with van der Waals surface area (Å²) >= 11 is 0. The first-order chi connectivity index (χ1) is 20.3. The van der Waals surface area contributed by atoms with E-state index in [2.05, 4.69) is 36.3 Å². The number of benzene rings is 1. The van der Waals surface area contributed by atoms with E-state index in [0.717, 1.165) is 88.1 Å². The van der Waals surface area contributed by atoms with Crippen molar-refractivity contribution in [3.8, 4) is 5.75 Å². The van der Waals surface area contributed by atoms with E-state index >= 15 is 4.39 Å². The van der Waals surface area contributed by atoms with Crippen LogP contribution in [0.3, 0.4) is 0 Å². The molecule has 1 aromatic carbocycles. The summed E-state index contributed by atoms with van der Waals surface area (Å²) in [5.41, 5.74) is 3.49. The Morgan fingerprint density at radius 2 is 2.02 bits per heavy atom. The van der Waals surface area contributed by atoms with Crippen LogP contribution < -0.4 is 10.1 Å². The summed E-state index contributed by atoms with van der Waals surface area (Å²) < 4.78 is 27.0. The molecule has 8 nitrogen and oxygen atoms in total. The number of ether oxygens (including phenoxy) is 2. The number of carboxylic acid groups (broad SMARTS) is 1. The van der Waals surface area contributed by atoms with Gasteiger partial charge in [-0.25, -0.2) is 9.37 Å². The van der Waals surface area contributed by atoms with Crippen LogP contribution >= 0.6 is 0 Å². The third kappa shape index (κ3) is 7.06. The number of anilines is 1. The van der Waals surface area contributed by atoms with Crippen LogP contribution in [-0.2, 0) is 27.8 Å². The van der Waals surface area contributed by atoms with Crippen molar-refractivity contribution in [1.82, 2.24) is 14.8 Å². The van der Waals surface area contributed by atoms with Gasteiger partial charge in [-0.2, -0.15) is 0 Å². The molecule has 3 aliphatic rings. The topological polar surface area (TPSA) is 87.2 Å². The first-order valence-corrected chi connectivity index (χ1v) is 15.6. The molecule has 4 heterocycles. The summed E-state index contributed by atoms with van der Waals surface area (Å²) in [6, 6.07) is 6.79. The number of rotatable bonds is 12. The third-order valence-corrected chi connectivity index (χ3v) is 9.52. The van der Waals surface area contributed by atoms with Crippen LogP contribution in [0.5, 0.6) is 5.75 Å². The van der Waals surface area contributed by atoms with Crippen LogP contribution in [0.25, 0.3) is 0 Å². The van der Waals surface area contributed by atoms with Gasteiger partial charge in [-0.05, 0) is 106 Å². The molecule has 2 saturated heterocycles. The molecular weight excluding hydrogens is 535 g/mol. The Bertz CT molecular complexity index is 1230. The molecular formula is C33H47FN4O4. The lowest BCUT2D eigenvalue weighted by Gasteiger charge is -2.39. The van der Waals surface area contributed by atoms with E-state index in [9.17, 15) is 9.90 Å². The zero-order valence-electron chi connectivity index (χ0n) is 25.5. The van der Waals surface area contributed by atoms with Gasteiger partial charge in [0, 0.05) is 37.5 Å². The lowest BCUT2D eigenvalue weighted by molar-refractivity contribution is -0.143. The Balaban J connectivity index is 1.15. The molecule has 0 radical (unpaired) electrons. The van der Waals surface area contributed by atoms with Gasteiger partial charge >= 0.3 is 5.97 Å². The molecule has 0 spiro atoms. The summed E-state index contributed by atoms with van der Waals surface area (Å²) in [7, 11) is 3.50. The van der Waals surface area contributed by atoms with Gasteiger partial charge in [0.05, 0.1) is 13.2 Å². The van der Waals surface area contributed by atoms with Crippen molar-refractivity contribution in [3.05, 3.63) is 52.5 Å². The zero-order chi connectivity index (χ0) is 29.7. The second-order valence-electron chi connectivity index (χ2n) is 12.6. The molecule has 2 fully saturated rings.